The molecule has 7 heteroatoms. The van der Waals surface area contributed by atoms with Crippen LogP contribution in [0, 0.1) is 13.8 Å². The van der Waals surface area contributed by atoms with E-state index in [2.05, 4.69) is 5.32 Å². The molecule has 2 aromatic rings. The number of carbonyl (C=O) groups excluding carboxylic acids is 3. The van der Waals surface area contributed by atoms with Crippen molar-refractivity contribution in [1.29, 1.82) is 0 Å². The maximum Gasteiger partial charge on any atom is 0.277 e. The highest BCUT2D eigenvalue weighted by molar-refractivity contribution is 5.96. The summed E-state index contributed by atoms with van der Waals surface area (Å²) in [4.78, 5) is 42.0. The van der Waals surface area contributed by atoms with Gasteiger partial charge in [0.15, 0.2) is 6.54 Å². The standard InChI is InChI=1S/C24H30N4O3/c1-18-8-7-9-19(2)23(18)25-21(29)16-26(3)22(30)17-27-12-14-28(15-13-27)24(31)20-10-5-4-6-11-20/h4-11H,12-17H2,1-3H3,(H,25,29)/p+1. The Kier molecular flexibility index (Phi) is 7.41. The molecule has 0 unspecified atom stereocenters. The van der Waals surface area contributed by atoms with Crippen LogP contribution in [-0.4, -0.2) is 73.8 Å². The number of hydrogen-bond donors (Lipinski definition) is 2. The van der Waals surface area contributed by atoms with Crippen LogP contribution in [-0.2, 0) is 9.59 Å². The van der Waals surface area contributed by atoms with Gasteiger partial charge in [-0.15, -0.1) is 0 Å². The van der Waals surface area contributed by atoms with Crippen LogP contribution >= 0.6 is 0 Å². The Bertz CT molecular complexity index is 917. The van der Waals surface area contributed by atoms with Gasteiger partial charge in [0.2, 0.25) is 5.91 Å². The molecule has 2 aromatic carbocycles. The Hall–Kier alpha value is -3.19. The minimum absolute atomic E-state index is 0.0124. The molecule has 1 fully saturated rings. The number of amides is 3. The van der Waals surface area contributed by atoms with E-state index >= 15 is 0 Å². The number of piperazine rings is 1. The highest BCUT2D eigenvalue weighted by atomic mass is 16.2. The van der Waals surface area contributed by atoms with Crippen LogP contribution < -0.4 is 10.2 Å². The molecule has 31 heavy (non-hydrogen) atoms. The zero-order valence-corrected chi connectivity index (χ0v) is 18.5. The summed E-state index contributed by atoms with van der Waals surface area (Å²) in [5.41, 5.74) is 3.49. The third kappa shape index (κ3) is 5.92. The lowest BCUT2D eigenvalue weighted by Gasteiger charge is -2.32. The Balaban J connectivity index is 1.45. The first-order chi connectivity index (χ1) is 14.8. The lowest BCUT2D eigenvalue weighted by Crippen LogP contribution is -3.15. The molecule has 0 spiro atoms. The van der Waals surface area contributed by atoms with Crippen LogP contribution in [0.2, 0.25) is 0 Å². The zero-order valence-electron chi connectivity index (χ0n) is 18.5. The third-order valence-electron chi connectivity index (χ3n) is 5.73. The minimum Gasteiger partial charge on any atom is -0.332 e. The fourth-order valence-electron chi connectivity index (χ4n) is 3.81. The van der Waals surface area contributed by atoms with Crippen LogP contribution in [0.3, 0.4) is 0 Å². The number of benzene rings is 2. The average molecular weight is 424 g/mol. The maximum absolute atomic E-state index is 12.6. The first kappa shape index (κ1) is 22.5. The molecule has 0 aliphatic carbocycles. The summed E-state index contributed by atoms with van der Waals surface area (Å²) in [6.45, 7) is 6.89. The van der Waals surface area contributed by atoms with Crippen molar-refractivity contribution in [3.8, 4) is 0 Å². The molecular formula is C24H31N4O3+. The molecule has 7 nitrogen and oxygen atoms in total. The van der Waals surface area contributed by atoms with E-state index in [0.717, 1.165) is 21.7 Å². The molecule has 2 N–H and O–H groups in total. The van der Waals surface area contributed by atoms with Gasteiger partial charge in [0.05, 0.1) is 32.7 Å². The lowest BCUT2D eigenvalue weighted by molar-refractivity contribution is -0.896. The number of likely N-dealkylation sites (N-methyl/N-ethyl adjacent to an activating group) is 1. The van der Waals surface area contributed by atoms with Crippen molar-refractivity contribution < 1.29 is 19.3 Å². The molecule has 1 aliphatic rings. The smallest absolute Gasteiger partial charge is 0.277 e. The van der Waals surface area contributed by atoms with Gasteiger partial charge in [0.1, 0.15) is 0 Å². The summed E-state index contributed by atoms with van der Waals surface area (Å²) < 4.78 is 0. The number of para-hydroxylation sites is 1. The highest BCUT2D eigenvalue weighted by Gasteiger charge is 2.27. The number of nitrogens with zero attached hydrogens (tertiary/aromatic N) is 2. The van der Waals surface area contributed by atoms with E-state index in [9.17, 15) is 14.4 Å². The Morgan fingerprint density at radius 1 is 0.968 bits per heavy atom. The lowest BCUT2D eigenvalue weighted by atomic mass is 10.1. The van der Waals surface area contributed by atoms with Crippen molar-refractivity contribution in [2.24, 2.45) is 0 Å². The molecule has 0 saturated carbocycles. The summed E-state index contributed by atoms with van der Waals surface area (Å²) in [6.07, 6.45) is 0. The van der Waals surface area contributed by atoms with E-state index in [1.807, 2.05) is 67.3 Å². The fraction of sp³-hybridized carbons (Fsp3) is 0.375. The molecule has 1 saturated heterocycles. The van der Waals surface area contributed by atoms with Crippen LogP contribution in [0.5, 0.6) is 0 Å². The van der Waals surface area contributed by atoms with E-state index in [1.165, 1.54) is 4.90 Å². The van der Waals surface area contributed by atoms with Crippen LogP contribution in [0.15, 0.2) is 48.5 Å². The van der Waals surface area contributed by atoms with Crippen molar-refractivity contribution >= 4 is 23.4 Å². The number of quaternary nitrogens is 1. The van der Waals surface area contributed by atoms with Crippen molar-refractivity contribution in [2.75, 3.05) is 51.6 Å². The molecule has 164 valence electrons. The first-order valence-corrected chi connectivity index (χ1v) is 10.6. The van der Waals surface area contributed by atoms with E-state index < -0.39 is 0 Å². The van der Waals surface area contributed by atoms with E-state index in [4.69, 9.17) is 0 Å². The van der Waals surface area contributed by atoms with Crippen molar-refractivity contribution in [3.63, 3.8) is 0 Å². The van der Waals surface area contributed by atoms with E-state index in [-0.39, 0.29) is 24.3 Å². The summed E-state index contributed by atoms with van der Waals surface area (Å²) in [7, 11) is 1.65. The van der Waals surface area contributed by atoms with Crippen LogP contribution in [0.1, 0.15) is 21.5 Å². The maximum atomic E-state index is 12.6. The Morgan fingerprint density at radius 3 is 2.19 bits per heavy atom. The van der Waals surface area contributed by atoms with Gasteiger partial charge in [-0.1, -0.05) is 36.4 Å². The molecular weight excluding hydrogens is 392 g/mol. The minimum atomic E-state index is -0.207. The quantitative estimate of drug-likeness (QED) is 0.720. The fourth-order valence-corrected chi connectivity index (χ4v) is 3.81. The summed E-state index contributed by atoms with van der Waals surface area (Å²) >= 11 is 0. The second kappa shape index (κ2) is 10.2. The summed E-state index contributed by atoms with van der Waals surface area (Å²) in [5, 5.41) is 2.92. The second-order valence-corrected chi connectivity index (χ2v) is 8.15. The molecule has 3 rings (SSSR count). The summed E-state index contributed by atoms with van der Waals surface area (Å²) in [6, 6.07) is 15.1. The van der Waals surface area contributed by atoms with Crippen LogP contribution in [0.4, 0.5) is 5.69 Å². The number of aryl methyl sites for hydroxylation is 2. The molecule has 0 bridgehead atoms. The Morgan fingerprint density at radius 2 is 1.58 bits per heavy atom. The average Bonchev–Trinajstić information content (AvgIpc) is 2.77. The molecule has 1 heterocycles. The molecule has 1 aliphatic heterocycles. The number of anilines is 1. The monoisotopic (exact) mass is 423 g/mol. The number of nitrogens with one attached hydrogen (secondary N) is 2. The van der Waals surface area contributed by atoms with Gasteiger partial charge < -0.3 is 20.0 Å². The Labute approximate surface area is 183 Å². The van der Waals surface area contributed by atoms with Gasteiger partial charge in [-0.25, -0.2) is 0 Å². The van der Waals surface area contributed by atoms with E-state index in [1.54, 1.807) is 7.05 Å². The zero-order chi connectivity index (χ0) is 22.4. The van der Waals surface area contributed by atoms with Gasteiger partial charge in [0.25, 0.3) is 11.8 Å². The number of carbonyl (C=O) groups is 3. The summed E-state index contributed by atoms with van der Waals surface area (Å²) in [5.74, 6) is -0.248. The van der Waals surface area contributed by atoms with Gasteiger partial charge in [0, 0.05) is 18.3 Å². The topological polar surface area (TPSA) is 74.2 Å². The van der Waals surface area contributed by atoms with E-state index in [0.29, 0.717) is 38.3 Å². The van der Waals surface area contributed by atoms with Crippen molar-refractivity contribution in [1.82, 2.24) is 9.80 Å². The van der Waals surface area contributed by atoms with Gasteiger partial charge in [-0.2, -0.15) is 0 Å². The SMILES string of the molecule is Cc1cccc(C)c1NC(=O)CN(C)C(=O)C[NH+]1CCN(C(=O)c2ccccc2)CC1. The highest BCUT2D eigenvalue weighted by Crippen LogP contribution is 2.19. The number of rotatable bonds is 6. The predicted octanol–water partition coefficient (Wildman–Crippen LogP) is 0.741. The van der Waals surface area contributed by atoms with Crippen molar-refractivity contribution in [3.05, 3.63) is 65.2 Å². The normalized spacial score (nSPS) is 14.2. The molecule has 0 aromatic heterocycles. The number of hydrogen-bond acceptors (Lipinski definition) is 3. The predicted molar refractivity (Wildman–Crippen MR) is 120 cm³/mol. The van der Waals surface area contributed by atoms with Crippen LogP contribution in [0.25, 0.3) is 0 Å². The molecule has 3 amide bonds. The van der Waals surface area contributed by atoms with Gasteiger partial charge >= 0.3 is 0 Å². The van der Waals surface area contributed by atoms with Gasteiger partial charge in [-0.3, -0.25) is 14.4 Å². The molecule has 0 radical (unpaired) electrons. The third-order valence-corrected chi connectivity index (χ3v) is 5.73. The van der Waals surface area contributed by atoms with Crippen molar-refractivity contribution in [2.45, 2.75) is 13.8 Å². The van der Waals surface area contributed by atoms with Gasteiger partial charge in [-0.05, 0) is 37.1 Å². The molecule has 0 atom stereocenters. The largest absolute Gasteiger partial charge is 0.332 e. The second-order valence-electron chi connectivity index (χ2n) is 8.15. The first-order valence-electron chi connectivity index (χ1n) is 10.6.